The van der Waals surface area contributed by atoms with Crippen molar-refractivity contribution >= 4 is 55.2 Å². The van der Waals surface area contributed by atoms with Gasteiger partial charge in [-0.15, -0.1) is 11.3 Å². The maximum absolute atomic E-state index is 12.7. The first-order valence-corrected chi connectivity index (χ1v) is 10.4. The molecule has 0 unspecified atom stereocenters. The van der Waals surface area contributed by atoms with Crippen molar-refractivity contribution < 1.29 is 9.59 Å². The summed E-state index contributed by atoms with van der Waals surface area (Å²) in [6, 6.07) is 22.7. The highest BCUT2D eigenvalue weighted by Crippen LogP contribution is 2.41. The summed E-state index contributed by atoms with van der Waals surface area (Å²) in [6.07, 6.45) is 0. The monoisotopic (exact) mass is 394 g/mol. The van der Waals surface area contributed by atoms with Crippen molar-refractivity contribution in [1.82, 2.24) is 0 Å². The van der Waals surface area contributed by atoms with Gasteiger partial charge in [0.1, 0.15) is 0 Å². The summed E-state index contributed by atoms with van der Waals surface area (Å²) in [7, 11) is 0. The Hall–Kier alpha value is -3.30. The molecule has 0 amide bonds. The first-order valence-electron chi connectivity index (χ1n) is 9.52. The van der Waals surface area contributed by atoms with Crippen LogP contribution in [-0.4, -0.2) is 11.6 Å². The molecule has 5 rings (SSSR count). The highest BCUT2D eigenvalue weighted by molar-refractivity contribution is 7.13. The summed E-state index contributed by atoms with van der Waals surface area (Å²) < 4.78 is 0. The van der Waals surface area contributed by atoms with E-state index in [0.29, 0.717) is 11.1 Å². The van der Waals surface area contributed by atoms with E-state index in [9.17, 15) is 9.59 Å². The lowest BCUT2D eigenvalue weighted by Crippen LogP contribution is -2.07. The van der Waals surface area contributed by atoms with Crippen molar-refractivity contribution in [3.8, 4) is 10.4 Å². The van der Waals surface area contributed by atoms with Crippen LogP contribution in [0, 0.1) is 0 Å². The number of ketones is 2. The number of benzene rings is 4. The lowest BCUT2D eigenvalue weighted by atomic mass is 9.87. The Labute approximate surface area is 172 Å². The van der Waals surface area contributed by atoms with E-state index in [4.69, 9.17) is 0 Å². The number of hydrogen-bond donors (Lipinski definition) is 0. The zero-order chi connectivity index (χ0) is 20.1. The molecule has 1 aromatic heterocycles. The van der Waals surface area contributed by atoms with Crippen LogP contribution in [-0.2, 0) is 0 Å². The second kappa shape index (κ2) is 6.64. The fourth-order valence-corrected chi connectivity index (χ4v) is 5.01. The van der Waals surface area contributed by atoms with Crippen LogP contribution in [0.25, 0.3) is 42.8 Å². The van der Waals surface area contributed by atoms with E-state index in [2.05, 4.69) is 36.4 Å². The van der Waals surface area contributed by atoms with Crippen LogP contribution >= 0.6 is 11.3 Å². The number of fused-ring (bicyclic) bond motifs is 4. The van der Waals surface area contributed by atoms with E-state index >= 15 is 0 Å². The summed E-state index contributed by atoms with van der Waals surface area (Å²) >= 11 is 1.59. The van der Waals surface area contributed by atoms with Crippen LogP contribution in [0.4, 0.5) is 0 Å². The molecule has 3 heteroatoms. The summed E-state index contributed by atoms with van der Waals surface area (Å²) in [4.78, 5) is 26.2. The average Bonchev–Trinajstić information content (AvgIpc) is 3.25. The van der Waals surface area contributed by atoms with Crippen molar-refractivity contribution in [2.24, 2.45) is 0 Å². The van der Waals surface area contributed by atoms with E-state index in [1.807, 2.05) is 35.7 Å². The molecule has 2 nitrogen and oxygen atoms in total. The fraction of sp³-hybridized carbons (Fsp3) is 0.0769. The van der Waals surface area contributed by atoms with Gasteiger partial charge in [0.15, 0.2) is 11.6 Å². The van der Waals surface area contributed by atoms with Gasteiger partial charge in [0.25, 0.3) is 0 Å². The Morgan fingerprint density at radius 1 is 0.724 bits per heavy atom. The van der Waals surface area contributed by atoms with Gasteiger partial charge in [-0.05, 0) is 75.8 Å². The van der Waals surface area contributed by atoms with Crippen molar-refractivity contribution in [3.05, 3.63) is 83.2 Å². The minimum atomic E-state index is -0.0893. The molecule has 0 fully saturated rings. The van der Waals surface area contributed by atoms with Gasteiger partial charge in [0, 0.05) is 21.6 Å². The van der Waals surface area contributed by atoms with Gasteiger partial charge in [0.05, 0.1) is 0 Å². The van der Waals surface area contributed by atoms with Gasteiger partial charge in [-0.3, -0.25) is 9.59 Å². The van der Waals surface area contributed by atoms with Crippen LogP contribution in [0.15, 0.2) is 72.1 Å². The minimum absolute atomic E-state index is 0.0849. The number of thiophene rings is 1. The second-order valence-corrected chi connectivity index (χ2v) is 8.30. The van der Waals surface area contributed by atoms with Crippen LogP contribution in [0.2, 0.25) is 0 Å². The number of carbonyl (C=O) groups excluding carboxylic acids is 2. The molecule has 0 aliphatic carbocycles. The Bertz CT molecular complexity index is 1440. The molecule has 0 N–H and O–H groups in total. The van der Waals surface area contributed by atoms with Crippen molar-refractivity contribution in [2.75, 3.05) is 0 Å². The lowest BCUT2D eigenvalue weighted by Gasteiger charge is -2.16. The normalized spacial score (nSPS) is 11.4. The zero-order valence-corrected chi connectivity index (χ0v) is 17.0. The molecule has 0 saturated heterocycles. The molecule has 0 atom stereocenters. The Morgan fingerprint density at radius 2 is 1.45 bits per heavy atom. The van der Waals surface area contributed by atoms with E-state index in [1.165, 1.54) is 12.3 Å². The van der Waals surface area contributed by atoms with Crippen LogP contribution in [0.5, 0.6) is 0 Å². The Kier molecular flexibility index (Phi) is 4.07. The predicted octanol–water partition coefficient (Wildman–Crippen LogP) is 7.28. The zero-order valence-electron chi connectivity index (χ0n) is 16.2. The molecule has 140 valence electrons. The van der Waals surface area contributed by atoms with E-state index in [1.54, 1.807) is 18.3 Å². The smallest absolute Gasteiger partial charge is 0.161 e. The molecule has 0 spiro atoms. The van der Waals surface area contributed by atoms with E-state index in [0.717, 1.165) is 37.4 Å². The molecule has 0 aliphatic heterocycles. The van der Waals surface area contributed by atoms with Crippen LogP contribution < -0.4 is 0 Å². The molecule has 0 saturated carbocycles. The quantitative estimate of drug-likeness (QED) is 0.183. The largest absolute Gasteiger partial charge is 0.294 e. The average molecular weight is 394 g/mol. The summed E-state index contributed by atoms with van der Waals surface area (Å²) in [5.74, 6) is -0.174. The number of carbonyl (C=O) groups is 2. The fourth-order valence-electron chi connectivity index (χ4n) is 4.23. The maximum atomic E-state index is 12.7. The van der Waals surface area contributed by atoms with Gasteiger partial charge in [-0.1, -0.05) is 42.5 Å². The third-order valence-electron chi connectivity index (χ3n) is 5.49. The van der Waals surface area contributed by atoms with Gasteiger partial charge >= 0.3 is 0 Å². The maximum Gasteiger partial charge on any atom is 0.161 e. The third-order valence-corrected chi connectivity index (χ3v) is 6.37. The molecule has 0 radical (unpaired) electrons. The summed E-state index contributed by atoms with van der Waals surface area (Å²) in [6.45, 7) is 3.08. The summed E-state index contributed by atoms with van der Waals surface area (Å²) in [5.41, 5.74) is 1.89. The van der Waals surface area contributed by atoms with Gasteiger partial charge in [-0.2, -0.15) is 0 Å². The standard InChI is InChI=1S/C26H18O2S/c1-15(27)21-14-20-10-9-19-12-17-6-3-4-7-18(17)13-22(19)25(20)26(24(21)16(2)28)23-8-5-11-29-23/h3-14H,1-2H3. The lowest BCUT2D eigenvalue weighted by molar-refractivity contribution is 0.0981. The van der Waals surface area contributed by atoms with Gasteiger partial charge < -0.3 is 0 Å². The van der Waals surface area contributed by atoms with Gasteiger partial charge in [0.2, 0.25) is 0 Å². The first-order chi connectivity index (χ1) is 14.0. The number of Topliss-reactive ketones (excluding diaryl/α,β-unsaturated/α-hetero) is 2. The van der Waals surface area contributed by atoms with E-state index in [-0.39, 0.29) is 11.6 Å². The van der Waals surface area contributed by atoms with E-state index < -0.39 is 0 Å². The molecule has 5 aromatic rings. The first kappa shape index (κ1) is 17.8. The molecular formula is C26H18O2S. The molecule has 0 aliphatic rings. The highest BCUT2D eigenvalue weighted by atomic mass is 32.1. The van der Waals surface area contributed by atoms with Crippen LogP contribution in [0.1, 0.15) is 34.6 Å². The highest BCUT2D eigenvalue weighted by Gasteiger charge is 2.22. The van der Waals surface area contributed by atoms with Crippen LogP contribution in [0.3, 0.4) is 0 Å². The molecular weight excluding hydrogens is 376 g/mol. The molecule has 4 aromatic carbocycles. The minimum Gasteiger partial charge on any atom is -0.294 e. The van der Waals surface area contributed by atoms with Crippen molar-refractivity contribution in [2.45, 2.75) is 13.8 Å². The number of hydrogen-bond acceptors (Lipinski definition) is 3. The van der Waals surface area contributed by atoms with Gasteiger partial charge in [-0.25, -0.2) is 0 Å². The SMILES string of the molecule is CC(=O)c1cc2ccc3cc4ccccc4cc3c2c(-c2cccs2)c1C(C)=O. The summed E-state index contributed by atoms with van der Waals surface area (Å²) in [5, 5.41) is 8.58. The predicted molar refractivity (Wildman–Crippen MR) is 122 cm³/mol. The Balaban J connectivity index is 2.07. The second-order valence-electron chi connectivity index (χ2n) is 7.35. The molecule has 1 heterocycles. The number of rotatable bonds is 3. The molecule has 29 heavy (non-hydrogen) atoms. The third kappa shape index (κ3) is 2.78. The topological polar surface area (TPSA) is 34.1 Å². The van der Waals surface area contributed by atoms with Crippen molar-refractivity contribution in [3.63, 3.8) is 0 Å². The molecule has 0 bridgehead atoms. The van der Waals surface area contributed by atoms with Crippen molar-refractivity contribution in [1.29, 1.82) is 0 Å². The Morgan fingerprint density at radius 3 is 2.10 bits per heavy atom.